The summed E-state index contributed by atoms with van der Waals surface area (Å²) in [5.41, 5.74) is 3.82. The molecule has 0 fully saturated rings. The number of H-pyrrole nitrogens is 1. The maximum absolute atomic E-state index is 12.7. The molecule has 114 valence electrons. The molecular formula is C16H13N5O2. The van der Waals surface area contributed by atoms with Crippen molar-refractivity contribution in [2.75, 3.05) is 5.32 Å². The lowest BCUT2D eigenvalue weighted by Crippen LogP contribution is -2.13. The molecule has 0 aliphatic carbocycles. The highest BCUT2D eigenvalue weighted by Crippen LogP contribution is 2.23. The summed E-state index contributed by atoms with van der Waals surface area (Å²) in [6, 6.07) is 7.29. The first-order chi connectivity index (χ1) is 11.1. The van der Waals surface area contributed by atoms with Crippen LogP contribution in [-0.4, -0.2) is 26.2 Å². The van der Waals surface area contributed by atoms with Gasteiger partial charge in [0, 0.05) is 16.8 Å². The van der Waals surface area contributed by atoms with Crippen LogP contribution in [0.25, 0.3) is 22.0 Å². The molecule has 3 aromatic heterocycles. The topological polar surface area (TPSA) is 96.7 Å². The molecule has 0 atom stereocenters. The molecule has 0 spiro atoms. The van der Waals surface area contributed by atoms with Crippen LogP contribution in [0.1, 0.15) is 21.7 Å². The van der Waals surface area contributed by atoms with Gasteiger partial charge in [-0.3, -0.25) is 9.89 Å². The van der Waals surface area contributed by atoms with Gasteiger partial charge in [-0.1, -0.05) is 5.16 Å². The molecule has 1 aromatic carbocycles. The first-order valence-electron chi connectivity index (χ1n) is 7.10. The van der Waals surface area contributed by atoms with Gasteiger partial charge in [-0.05, 0) is 38.1 Å². The minimum Gasteiger partial charge on any atom is -0.336 e. The number of nitrogens with zero attached hydrogens (tertiary/aromatic N) is 3. The number of anilines is 1. The number of hydrogen-bond acceptors (Lipinski definition) is 5. The van der Waals surface area contributed by atoms with Crippen molar-refractivity contribution in [3.63, 3.8) is 0 Å². The number of aryl methyl sites for hydroxylation is 2. The zero-order valence-electron chi connectivity index (χ0n) is 12.5. The van der Waals surface area contributed by atoms with Crippen molar-refractivity contribution >= 4 is 33.6 Å². The fourth-order valence-corrected chi connectivity index (χ4v) is 2.62. The van der Waals surface area contributed by atoms with Gasteiger partial charge in [0.25, 0.3) is 11.6 Å². The summed E-state index contributed by atoms with van der Waals surface area (Å²) in [7, 11) is 0. The Morgan fingerprint density at radius 3 is 3.00 bits per heavy atom. The lowest BCUT2D eigenvalue weighted by atomic mass is 10.1. The Labute approximate surface area is 130 Å². The largest absolute Gasteiger partial charge is 0.336 e. The Kier molecular flexibility index (Phi) is 2.87. The molecule has 0 aliphatic heterocycles. The summed E-state index contributed by atoms with van der Waals surface area (Å²) in [6.07, 6.45) is 1.71. The molecule has 4 rings (SSSR count). The minimum atomic E-state index is -0.227. The smallest absolute Gasteiger partial charge is 0.258 e. The van der Waals surface area contributed by atoms with Crippen LogP contribution in [0, 0.1) is 13.8 Å². The van der Waals surface area contributed by atoms with Crippen LogP contribution in [0.3, 0.4) is 0 Å². The van der Waals surface area contributed by atoms with E-state index in [1.165, 1.54) is 0 Å². The standard InChI is InChI=1S/C16H13N5O2/c1-8-5-12(14-9(2)21-23-16(14)18-8)15(22)19-11-3-4-13-10(6-11)7-17-20-13/h3-7H,1-2H3,(H,17,20)(H,19,22). The van der Waals surface area contributed by atoms with Crippen molar-refractivity contribution in [2.24, 2.45) is 0 Å². The van der Waals surface area contributed by atoms with Crippen molar-refractivity contribution < 1.29 is 9.32 Å². The third kappa shape index (κ3) is 2.22. The summed E-state index contributed by atoms with van der Waals surface area (Å²) >= 11 is 0. The number of fused-ring (bicyclic) bond motifs is 2. The van der Waals surface area contributed by atoms with Gasteiger partial charge in [-0.15, -0.1) is 0 Å². The van der Waals surface area contributed by atoms with Crippen molar-refractivity contribution in [3.05, 3.63) is 47.4 Å². The number of carbonyl (C=O) groups is 1. The molecule has 1 amide bonds. The Morgan fingerprint density at radius 2 is 2.13 bits per heavy atom. The van der Waals surface area contributed by atoms with Crippen molar-refractivity contribution in [1.29, 1.82) is 0 Å². The average Bonchev–Trinajstić information content (AvgIpc) is 3.13. The van der Waals surface area contributed by atoms with Crippen LogP contribution >= 0.6 is 0 Å². The number of carbonyl (C=O) groups excluding carboxylic acids is 1. The van der Waals surface area contributed by atoms with Crippen LogP contribution < -0.4 is 5.32 Å². The molecule has 0 unspecified atom stereocenters. The van der Waals surface area contributed by atoms with Crippen LogP contribution in [0.4, 0.5) is 5.69 Å². The van der Waals surface area contributed by atoms with Crippen LogP contribution in [0.15, 0.2) is 35.0 Å². The number of pyridine rings is 1. The fourth-order valence-electron chi connectivity index (χ4n) is 2.62. The molecule has 0 radical (unpaired) electrons. The third-order valence-electron chi connectivity index (χ3n) is 3.69. The predicted octanol–water partition coefficient (Wildman–Crippen LogP) is 2.97. The normalized spacial score (nSPS) is 11.2. The lowest BCUT2D eigenvalue weighted by molar-refractivity contribution is 0.102. The van der Waals surface area contributed by atoms with E-state index in [2.05, 4.69) is 25.7 Å². The van der Waals surface area contributed by atoms with Crippen LogP contribution in [-0.2, 0) is 0 Å². The quantitative estimate of drug-likeness (QED) is 0.593. The first kappa shape index (κ1) is 13.4. The first-order valence-corrected chi connectivity index (χ1v) is 7.10. The van der Waals surface area contributed by atoms with E-state index in [0.717, 1.165) is 10.9 Å². The molecule has 7 heteroatoms. The van der Waals surface area contributed by atoms with Crippen molar-refractivity contribution in [3.8, 4) is 0 Å². The van der Waals surface area contributed by atoms with E-state index in [4.69, 9.17) is 4.52 Å². The maximum Gasteiger partial charge on any atom is 0.258 e. The zero-order chi connectivity index (χ0) is 16.0. The maximum atomic E-state index is 12.7. The van der Waals surface area contributed by atoms with E-state index in [1.807, 2.05) is 25.1 Å². The van der Waals surface area contributed by atoms with E-state index >= 15 is 0 Å². The molecule has 0 bridgehead atoms. The van der Waals surface area contributed by atoms with Crippen molar-refractivity contribution in [2.45, 2.75) is 13.8 Å². The second-order valence-electron chi connectivity index (χ2n) is 5.39. The highest BCUT2D eigenvalue weighted by atomic mass is 16.5. The molecule has 0 aliphatic rings. The van der Waals surface area contributed by atoms with Crippen molar-refractivity contribution in [1.82, 2.24) is 20.3 Å². The van der Waals surface area contributed by atoms with E-state index in [-0.39, 0.29) is 5.91 Å². The Morgan fingerprint density at radius 1 is 1.26 bits per heavy atom. The van der Waals surface area contributed by atoms with Gasteiger partial charge in [0.15, 0.2) is 0 Å². The molecule has 3 heterocycles. The molecule has 23 heavy (non-hydrogen) atoms. The number of nitrogens with one attached hydrogen (secondary N) is 2. The Bertz CT molecular complexity index is 1050. The second kappa shape index (κ2) is 4.91. The molecule has 2 N–H and O–H groups in total. The molecule has 0 saturated carbocycles. The monoisotopic (exact) mass is 307 g/mol. The molecule has 4 aromatic rings. The zero-order valence-corrected chi connectivity index (χ0v) is 12.5. The molecule has 0 saturated heterocycles. The van der Waals surface area contributed by atoms with E-state index in [0.29, 0.717) is 33.7 Å². The van der Waals surface area contributed by atoms with Crippen LogP contribution in [0.2, 0.25) is 0 Å². The summed E-state index contributed by atoms with van der Waals surface area (Å²) < 4.78 is 5.16. The van der Waals surface area contributed by atoms with Gasteiger partial charge < -0.3 is 9.84 Å². The second-order valence-corrected chi connectivity index (χ2v) is 5.39. The van der Waals surface area contributed by atoms with E-state index in [9.17, 15) is 4.79 Å². The fraction of sp³-hybridized carbons (Fsp3) is 0.125. The summed E-state index contributed by atoms with van der Waals surface area (Å²) in [6.45, 7) is 3.60. The number of aromatic nitrogens is 4. The highest BCUT2D eigenvalue weighted by Gasteiger charge is 2.18. The predicted molar refractivity (Wildman–Crippen MR) is 85.3 cm³/mol. The number of rotatable bonds is 2. The number of amides is 1. The van der Waals surface area contributed by atoms with Gasteiger partial charge in [-0.2, -0.15) is 5.10 Å². The number of benzene rings is 1. The minimum absolute atomic E-state index is 0.227. The van der Waals surface area contributed by atoms with Gasteiger partial charge in [0.1, 0.15) is 0 Å². The lowest BCUT2D eigenvalue weighted by Gasteiger charge is -2.07. The van der Waals surface area contributed by atoms with Gasteiger partial charge in [-0.25, -0.2) is 4.98 Å². The summed E-state index contributed by atoms with van der Waals surface area (Å²) in [5.74, 6) is -0.227. The summed E-state index contributed by atoms with van der Waals surface area (Å²) in [5, 5.41) is 15.2. The molecule has 7 nitrogen and oxygen atoms in total. The Balaban J connectivity index is 1.75. The van der Waals surface area contributed by atoms with Gasteiger partial charge in [0.05, 0.1) is 28.4 Å². The highest BCUT2D eigenvalue weighted by molar-refractivity contribution is 6.12. The van der Waals surface area contributed by atoms with Gasteiger partial charge in [0.2, 0.25) is 0 Å². The van der Waals surface area contributed by atoms with Crippen LogP contribution in [0.5, 0.6) is 0 Å². The molecular weight excluding hydrogens is 294 g/mol. The average molecular weight is 307 g/mol. The van der Waals surface area contributed by atoms with E-state index < -0.39 is 0 Å². The summed E-state index contributed by atoms with van der Waals surface area (Å²) in [4.78, 5) is 16.9. The SMILES string of the molecule is Cc1cc(C(=O)Nc2ccc3[nH]ncc3c2)c2c(C)noc2n1. The van der Waals surface area contributed by atoms with Gasteiger partial charge >= 0.3 is 0 Å². The number of hydrogen-bond donors (Lipinski definition) is 2. The Hall–Kier alpha value is -3.22. The number of aromatic amines is 1. The van der Waals surface area contributed by atoms with E-state index in [1.54, 1.807) is 19.2 Å². The third-order valence-corrected chi connectivity index (χ3v) is 3.69.